The molecule has 14 heavy (non-hydrogen) atoms. The highest BCUT2D eigenvalue weighted by molar-refractivity contribution is 5.11. The monoisotopic (exact) mass is 193 g/mol. The third-order valence-corrected chi connectivity index (χ3v) is 4.12. The molecule has 0 bridgehead atoms. The highest BCUT2D eigenvalue weighted by atomic mass is 14.6. The fourth-order valence-electron chi connectivity index (χ4n) is 3.29. The van der Waals surface area contributed by atoms with Crippen molar-refractivity contribution in [3.05, 3.63) is 11.6 Å². The largest absolute Gasteiger partial charge is 0.330 e. The Labute approximate surface area is 87.8 Å². The lowest BCUT2D eigenvalue weighted by atomic mass is 9.79. The molecule has 0 heterocycles. The first-order valence-corrected chi connectivity index (χ1v) is 6.12. The highest BCUT2D eigenvalue weighted by Gasteiger charge is 2.36. The first-order valence-electron chi connectivity index (χ1n) is 6.12. The van der Waals surface area contributed by atoms with Crippen molar-refractivity contribution in [1.82, 2.24) is 0 Å². The van der Waals surface area contributed by atoms with Gasteiger partial charge in [-0.1, -0.05) is 25.0 Å². The maximum Gasteiger partial charge on any atom is -0.00174 e. The smallest absolute Gasteiger partial charge is 0.00174 e. The molecule has 0 saturated heterocycles. The van der Waals surface area contributed by atoms with E-state index in [0.29, 0.717) is 5.41 Å². The van der Waals surface area contributed by atoms with Crippen molar-refractivity contribution in [3.8, 4) is 0 Å². The third kappa shape index (κ3) is 2.03. The maximum atomic E-state index is 5.98. The molecule has 2 aliphatic carbocycles. The molecule has 0 amide bonds. The van der Waals surface area contributed by atoms with Crippen LogP contribution in [0.3, 0.4) is 0 Å². The summed E-state index contributed by atoms with van der Waals surface area (Å²) in [7, 11) is 0. The topological polar surface area (TPSA) is 26.0 Å². The molecule has 0 aromatic carbocycles. The Morgan fingerprint density at radius 3 is 2.93 bits per heavy atom. The molecule has 1 nitrogen and oxygen atoms in total. The molecule has 0 aliphatic heterocycles. The van der Waals surface area contributed by atoms with Crippen LogP contribution in [-0.4, -0.2) is 6.54 Å². The van der Waals surface area contributed by atoms with Gasteiger partial charge in [0.25, 0.3) is 0 Å². The highest BCUT2D eigenvalue weighted by Crippen LogP contribution is 2.46. The van der Waals surface area contributed by atoms with Gasteiger partial charge < -0.3 is 5.73 Å². The summed E-state index contributed by atoms with van der Waals surface area (Å²) in [6.45, 7) is 3.27. The summed E-state index contributed by atoms with van der Waals surface area (Å²) in [6.07, 6.45) is 11.9. The molecule has 2 N–H and O–H groups in total. The van der Waals surface area contributed by atoms with Crippen molar-refractivity contribution < 1.29 is 0 Å². The SMILES string of the molecule is CC1CCC(CN)(CC2=CCCC2)C1. The summed E-state index contributed by atoms with van der Waals surface area (Å²) in [5.74, 6) is 0.903. The van der Waals surface area contributed by atoms with Crippen LogP contribution in [0.15, 0.2) is 11.6 Å². The van der Waals surface area contributed by atoms with E-state index in [2.05, 4.69) is 13.0 Å². The minimum Gasteiger partial charge on any atom is -0.330 e. The van der Waals surface area contributed by atoms with Gasteiger partial charge in [-0.3, -0.25) is 0 Å². The number of rotatable bonds is 3. The Bertz CT molecular complexity index is 231. The normalized spacial score (nSPS) is 37.6. The van der Waals surface area contributed by atoms with Crippen molar-refractivity contribution in [1.29, 1.82) is 0 Å². The number of allylic oxidation sites excluding steroid dienone is 2. The van der Waals surface area contributed by atoms with Crippen LogP contribution in [0, 0.1) is 11.3 Å². The number of nitrogens with two attached hydrogens (primary N) is 1. The fraction of sp³-hybridized carbons (Fsp3) is 0.846. The summed E-state index contributed by atoms with van der Waals surface area (Å²) in [5.41, 5.74) is 8.16. The summed E-state index contributed by atoms with van der Waals surface area (Å²) in [5, 5.41) is 0. The first kappa shape index (κ1) is 10.2. The van der Waals surface area contributed by atoms with Crippen LogP contribution in [0.1, 0.15) is 51.9 Å². The van der Waals surface area contributed by atoms with Gasteiger partial charge in [-0.25, -0.2) is 0 Å². The lowest BCUT2D eigenvalue weighted by molar-refractivity contribution is 0.293. The van der Waals surface area contributed by atoms with Crippen molar-refractivity contribution in [2.24, 2.45) is 17.1 Å². The van der Waals surface area contributed by atoms with Crippen LogP contribution >= 0.6 is 0 Å². The quantitative estimate of drug-likeness (QED) is 0.684. The predicted molar refractivity (Wildman–Crippen MR) is 61.1 cm³/mol. The lowest BCUT2D eigenvalue weighted by Gasteiger charge is -2.28. The molecule has 0 radical (unpaired) electrons. The molecule has 0 spiro atoms. The second kappa shape index (κ2) is 4.06. The van der Waals surface area contributed by atoms with E-state index in [9.17, 15) is 0 Å². The van der Waals surface area contributed by atoms with E-state index in [1.165, 1.54) is 44.9 Å². The van der Waals surface area contributed by atoms with Gasteiger partial charge in [0.15, 0.2) is 0 Å². The average Bonchev–Trinajstić information content (AvgIpc) is 2.77. The Hall–Kier alpha value is -0.300. The second-order valence-electron chi connectivity index (χ2n) is 5.48. The van der Waals surface area contributed by atoms with E-state index < -0.39 is 0 Å². The molecule has 0 aromatic rings. The molecular formula is C13H23N. The molecule has 80 valence electrons. The van der Waals surface area contributed by atoms with E-state index in [1.54, 1.807) is 5.57 Å². The zero-order valence-corrected chi connectivity index (χ0v) is 9.39. The lowest BCUT2D eigenvalue weighted by Crippen LogP contribution is -2.28. The van der Waals surface area contributed by atoms with Crippen LogP contribution in [0.4, 0.5) is 0 Å². The zero-order valence-electron chi connectivity index (χ0n) is 9.39. The summed E-state index contributed by atoms with van der Waals surface area (Å²) in [4.78, 5) is 0. The van der Waals surface area contributed by atoms with Gasteiger partial charge >= 0.3 is 0 Å². The van der Waals surface area contributed by atoms with Crippen LogP contribution in [0.25, 0.3) is 0 Å². The molecule has 1 saturated carbocycles. The van der Waals surface area contributed by atoms with E-state index in [1.807, 2.05) is 0 Å². The van der Waals surface area contributed by atoms with Gasteiger partial charge in [-0.15, -0.1) is 0 Å². The molecule has 2 unspecified atom stereocenters. The summed E-state index contributed by atoms with van der Waals surface area (Å²) >= 11 is 0. The third-order valence-electron chi connectivity index (χ3n) is 4.12. The zero-order chi connectivity index (χ0) is 10.0. The molecule has 2 atom stereocenters. The molecule has 0 aromatic heterocycles. The fourth-order valence-corrected chi connectivity index (χ4v) is 3.29. The van der Waals surface area contributed by atoms with Gasteiger partial charge in [0, 0.05) is 0 Å². The first-order chi connectivity index (χ1) is 6.74. The minimum atomic E-state index is 0.482. The Morgan fingerprint density at radius 1 is 1.57 bits per heavy atom. The number of hydrogen-bond donors (Lipinski definition) is 1. The van der Waals surface area contributed by atoms with Crippen molar-refractivity contribution in [2.75, 3.05) is 6.54 Å². The number of hydrogen-bond acceptors (Lipinski definition) is 1. The van der Waals surface area contributed by atoms with E-state index in [4.69, 9.17) is 5.73 Å². The second-order valence-corrected chi connectivity index (χ2v) is 5.48. The summed E-state index contributed by atoms with van der Waals surface area (Å²) < 4.78 is 0. The summed E-state index contributed by atoms with van der Waals surface area (Å²) in [6, 6.07) is 0. The van der Waals surface area contributed by atoms with Crippen molar-refractivity contribution >= 4 is 0 Å². The van der Waals surface area contributed by atoms with Crippen molar-refractivity contribution in [3.63, 3.8) is 0 Å². The average molecular weight is 193 g/mol. The van der Waals surface area contributed by atoms with E-state index in [0.717, 1.165) is 12.5 Å². The Kier molecular flexibility index (Phi) is 2.96. The van der Waals surface area contributed by atoms with Gasteiger partial charge in [0.2, 0.25) is 0 Å². The van der Waals surface area contributed by atoms with Gasteiger partial charge in [-0.2, -0.15) is 0 Å². The molecule has 1 heteroatoms. The van der Waals surface area contributed by atoms with Gasteiger partial charge in [0.1, 0.15) is 0 Å². The van der Waals surface area contributed by atoms with Gasteiger partial charge in [-0.05, 0) is 56.4 Å². The van der Waals surface area contributed by atoms with E-state index >= 15 is 0 Å². The van der Waals surface area contributed by atoms with Crippen LogP contribution < -0.4 is 5.73 Å². The molecule has 2 rings (SSSR count). The Morgan fingerprint density at radius 2 is 2.43 bits per heavy atom. The van der Waals surface area contributed by atoms with Crippen LogP contribution in [0.2, 0.25) is 0 Å². The molecular weight excluding hydrogens is 170 g/mol. The minimum absolute atomic E-state index is 0.482. The standard InChI is InChI=1S/C13H23N/c1-11-6-7-13(8-11,10-14)9-12-4-2-3-5-12/h4,11H,2-3,5-10,14H2,1H3. The van der Waals surface area contributed by atoms with E-state index in [-0.39, 0.29) is 0 Å². The molecule has 1 fully saturated rings. The van der Waals surface area contributed by atoms with Crippen LogP contribution in [-0.2, 0) is 0 Å². The van der Waals surface area contributed by atoms with Crippen LogP contribution in [0.5, 0.6) is 0 Å². The molecule has 2 aliphatic rings. The Balaban J connectivity index is 1.98. The van der Waals surface area contributed by atoms with Gasteiger partial charge in [0.05, 0.1) is 0 Å². The predicted octanol–water partition coefficient (Wildman–Crippen LogP) is 3.25. The maximum absolute atomic E-state index is 5.98. The van der Waals surface area contributed by atoms with Crippen molar-refractivity contribution in [2.45, 2.75) is 51.9 Å².